The highest BCUT2D eigenvalue weighted by Crippen LogP contribution is 2.16. The molecule has 1 aliphatic heterocycles. The summed E-state index contributed by atoms with van der Waals surface area (Å²) in [6.45, 7) is 0. The summed E-state index contributed by atoms with van der Waals surface area (Å²) in [5.74, 6) is 0.975. The minimum absolute atomic E-state index is 0.0937. The Hall–Kier alpha value is -1.26. The first-order chi connectivity index (χ1) is 7.94. The van der Waals surface area contributed by atoms with Crippen LogP contribution in [0.3, 0.4) is 0 Å². The van der Waals surface area contributed by atoms with Crippen molar-refractivity contribution in [1.82, 2.24) is 20.5 Å². The number of aromatic nitrogens is 3. The second kappa shape index (κ2) is 4.55. The molecule has 1 aromatic heterocycles. The maximum absolute atomic E-state index is 11.3. The van der Waals surface area contributed by atoms with Gasteiger partial charge < -0.3 is 11.1 Å². The normalized spacial score (nSPS) is 27.9. The van der Waals surface area contributed by atoms with Crippen LogP contribution in [0.15, 0.2) is 0 Å². The summed E-state index contributed by atoms with van der Waals surface area (Å²) < 4.78 is 20.7. The van der Waals surface area contributed by atoms with Crippen LogP contribution in [0.2, 0.25) is 0 Å². The summed E-state index contributed by atoms with van der Waals surface area (Å²) in [6.07, 6.45) is 0.618. The van der Waals surface area contributed by atoms with Crippen molar-refractivity contribution in [3.63, 3.8) is 0 Å². The van der Waals surface area contributed by atoms with E-state index in [1.54, 1.807) is 0 Å². The van der Waals surface area contributed by atoms with Gasteiger partial charge in [-0.05, 0) is 12.2 Å². The number of nitrogens with two attached hydrogens (primary N) is 1. The number of thiocarbonyl (C=S) groups is 1. The van der Waals surface area contributed by atoms with E-state index in [1.807, 2.05) is 0 Å². The highest BCUT2D eigenvalue weighted by atomic mass is 32.3. The Morgan fingerprint density at radius 2 is 2.47 bits per heavy atom. The molecule has 1 saturated heterocycles. The minimum Gasteiger partial charge on any atom is -0.368 e. The highest BCUT2D eigenvalue weighted by Gasteiger charge is 2.38. The molecule has 8 nitrogen and oxygen atoms in total. The first-order valence-corrected chi connectivity index (χ1v) is 7.18. The molecule has 0 bridgehead atoms. The van der Waals surface area contributed by atoms with E-state index in [0.29, 0.717) is 17.3 Å². The number of anilines is 2. The zero-order valence-electron chi connectivity index (χ0n) is 8.84. The number of H-pyrrole nitrogens is 1. The molecule has 1 aromatic rings. The van der Waals surface area contributed by atoms with Crippen LogP contribution in [-0.4, -0.2) is 42.4 Å². The second-order valence-corrected chi connectivity index (χ2v) is 6.47. The third kappa shape index (κ3) is 3.35. The fraction of sp³-hybridized carbons (Fsp3) is 0.571. The van der Waals surface area contributed by atoms with Crippen molar-refractivity contribution in [2.45, 2.75) is 12.5 Å². The molecule has 2 heterocycles. The van der Waals surface area contributed by atoms with E-state index < -0.39 is 10.2 Å². The monoisotopic (exact) mass is 277 g/mol. The lowest BCUT2D eigenvalue weighted by Crippen LogP contribution is -2.39. The van der Waals surface area contributed by atoms with Gasteiger partial charge in [0.25, 0.3) is 0 Å². The van der Waals surface area contributed by atoms with Gasteiger partial charge in [0.1, 0.15) is 5.75 Å². The minimum atomic E-state index is -2.67. The van der Waals surface area contributed by atoms with Crippen LogP contribution in [0.25, 0.3) is 0 Å². The number of aromatic amines is 1. The van der Waals surface area contributed by atoms with Gasteiger partial charge in [-0.2, -0.15) is 9.54 Å². The van der Waals surface area contributed by atoms with E-state index in [0.717, 1.165) is 0 Å². The summed E-state index contributed by atoms with van der Waals surface area (Å²) >= 11 is 5.03. The van der Waals surface area contributed by atoms with E-state index in [2.05, 4.69) is 25.8 Å². The molecule has 17 heavy (non-hydrogen) atoms. The summed E-state index contributed by atoms with van der Waals surface area (Å²) in [4.78, 5) is 3.82. The summed E-state index contributed by atoms with van der Waals surface area (Å²) in [6, 6.07) is -0.0937. The number of hydrogen-bond donors (Lipinski definition) is 5. The fourth-order valence-corrected chi connectivity index (χ4v) is 3.53. The molecule has 0 amide bonds. The van der Waals surface area contributed by atoms with Gasteiger partial charge in [-0.25, -0.2) is 5.10 Å². The van der Waals surface area contributed by atoms with E-state index >= 15 is 0 Å². The Labute approximate surface area is 104 Å². The average molecular weight is 277 g/mol. The van der Waals surface area contributed by atoms with Gasteiger partial charge >= 0.3 is 0 Å². The number of nitrogens with zero attached hydrogens (tertiary/aromatic N) is 2. The molecular formula is C7H13N6O2S2+. The Bertz CT molecular complexity index is 475. The zero-order chi connectivity index (χ0) is 12.5. The molecule has 6 N–H and O–H groups in total. The molecule has 10 heteroatoms. The van der Waals surface area contributed by atoms with Crippen LogP contribution in [-0.2, 0) is 14.4 Å². The first kappa shape index (κ1) is 12.2. The molecule has 0 radical (unpaired) electrons. The van der Waals surface area contributed by atoms with E-state index in [1.165, 1.54) is 0 Å². The molecule has 0 saturated carbocycles. The highest BCUT2D eigenvalue weighted by molar-refractivity contribution is 7.98. The summed E-state index contributed by atoms with van der Waals surface area (Å²) in [5.41, 5.74) is 5.35. The smallest absolute Gasteiger partial charge is 0.249 e. The Morgan fingerprint density at radius 1 is 1.71 bits per heavy atom. The van der Waals surface area contributed by atoms with Crippen molar-refractivity contribution < 1.29 is 8.76 Å². The Balaban J connectivity index is 1.84. The van der Waals surface area contributed by atoms with Crippen LogP contribution >= 0.6 is 12.2 Å². The number of rotatable bonds is 2. The van der Waals surface area contributed by atoms with Crippen LogP contribution in [0, 0.1) is 0 Å². The average Bonchev–Trinajstić information content (AvgIpc) is 2.73. The maximum Gasteiger partial charge on any atom is 0.249 e. The van der Waals surface area contributed by atoms with Gasteiger partial charge in [-0.1, -0.05) is 4.21 Å². The summed E-state index contributed by atoms with van der Waals surface area (Å²) in [5, 5.41) is 12.2. The van der Waals surface area contributed by atoms with Crippen LogP contribution < -0.4 is 16.4 Å². The van der Waals surface area contributed by atoms with Gasteiger partial charge in [0.15, 0.2) is 10.9 Å². The predicted octanol–water partition coefficient (Wildman–Crippen LogP) is -0.582. The van der Waals surface area contributed by atoms with Crippen molar-refractivity contribution in [2.24, 2.45) is 0 Å². The van der Waals surface area contributed by atoms with Gasteiger partial charge in [-0.3, -0.25) is 5.32 Å². The SMILES string of the molecule is Nc1nc(NC(=S)N[C@@H]2CC[S+](=O)(O)C2)n[nH]1. The molecular weight excluding hydrogens is 264 g/mol. The molecule has 1 unspecified atom stereocenters. The molecule has 1 fully saturated rings. The van der Waals surface area contributed by atoms with Gasteiger partial charge in [0.2, 0.25) is 22.1 Å². The van der Waals surface area contributed by atoms with Crippen molar-refractivity contribution in [2.75, 3.05) is 22.6 Å². The van der Waals surface area contributed by atoms with Crippen molar-refractivity contribution >= 4 is 39.4 Å². The molecule has 0 spiro atoms. The third-order valence-electron chi connectivity index (χ3n) is 2.31. The van der Waals surface area contributed by atoms with Crippen molar-refractivity contribution in [3.8, 4) is 0 Å². The standard InChI is InChI=1S/C7H12N6O2S2/c8-5-10-6(13-12-5)11-7(16)9-4-1-2-17(14,15)3-4/h4H,1-3H2,(H5-,8,9,10,11,12,13,14,15,16)/p+1/t4-/m1/s1. The lowest BCUT2D eigenvalue weighted by atomic mass is 10.3. The zero-order valence-corrected chi connectivity index (χ0v) is 10.5. The van der Waals surface area contributed by atoms with Gasteiger partial charge in [0, 0.05) is 6.42 Å². The van der Waals surface area contributed by atoms with Gasteiger partial charge in [0.05, 0.1) is 6.04 Å². The largest absolute Gasteiger partial charge is 0.368 e. The number of nitrogens with one attached hydrogen (secondary N) is 3. The Morgan fingerprint density at radius 3 is 3.00 bits per heavy atom. The van der Waals surface area contributed by atoms with E-state index in [-0.39, 0.29) is 23.7 Å². The predicted molar refractivity (Wildman–Crippen MR) is 69.0 cm³/mol. The van der Waals surface area contributed by atoms with Crippen molar-refractivity contribution in [1.29, 1.82) is 0 Å². The Kier molecular flexibility index (Phi) is 3.26. The summed E-state index contributed by atoms with van der Waals surface area (Å²) in [7, 11) is -2.67. The maximum atomic E-state index is 11.3. The molecule has 0 aliphatic carbocycles. The lowest BCUT2D eigenvalue weighted by molar-refractivity contribution is 0.502. The molecule has 0 aromatic carbocycles. The third-order valence-corrected chi connectivity index (χ3v) is 4.33. The quantitative estimate of drug-likeness (QED) is 0.358. The topological polar surface area (TPSA) is 129 Å². The molecule has 2 rings (SSSR count). The molecule has 1 aliphatic rings. The van der Waals surface area contributed by atoms with Crippen LogP contribution in [0.1, 0.15) is 6.42 Å². The van der Waals surface area contributed by atoms with E-state index in [9.17, 15) is 8.76 Å². The molecule has 94 valence electrons. The van der Waals surface area contributed by atoms with Gasteiger partial charge in [-0.15, -0.1) is 5.10 Å². The van der Waals surface area contributed by atoms with Crippen LogP contribution in [0.4, 0.5) is 11.9 Å². The number of hydrogen-bond acceptors (Lipinski definition) is 5. The van der Waals surface area contributed by atoms with Crippen LogP contribution in [0.5, 0.6) is 0 Å². The molecule has 2 atom stereocenters. The number of nitrogen functional groups attached to an aromatic ring is 1. The fourth-order valence-electron chi connectivity index (χ4n) is 1.57. The van der Waals surface area contributed by atoms with E-state index in [4.69, 9.17) is 18.0 Å². The second-order valence-electron chi connectivity index (χ2n) is 3.77. The first-order valence-electron chi connectivity index (χ1n) is 4.92. The van der Waals surface area contributed by atoms with Crippen molar-refractivity contribution in [3.05, 3.63) is 0 Å². The lowest BCUT2D eigenvalue weighted by Gasteiger charge is -2.11.